The van der Waals surface area contributed by atoms with Gasteiger partial charge in [-0.25, -0.2) is 0 Å². The number of nitro groups is 1. The number of ether oxygens (including phenoxy) is 1. The molecule has 0 unspecified atom stereocenters. The average Bonchev–Trinajstić information content (AvgIpc) is 2.35. The molecule has 0 heterocycles. The van der Waals surface area contributed by atoms with E-state index >= 15 is 0 Å². The van der Waals surface area contributed by atoms with Crippen LogP contribution in [0.4, 0.5) is 18.9 Å². The van der Waals surface area contributed by atoms with Gasteiger partial charge in [0.25, 0.3) is 0 Å². The Bertz CT molecular complexity index is 490. The molecular formula is C13H17F3N2O3. The number of nitrogens with one attached hydrogen (secondary N) is 1. The number of halogens is 3. The van der Waals surface area contributed by atoms with Crippen LogP contribution in [-0.4, -0.2) is 24.3 Å². The summed E-state index contributed by atoms with van der Waals surface area (Å²) < 4.78 is 41.0. The molecule has 5 nitrogen and oxygen atoms in total. The third-order valence-corrected chi connectivity index (χ3v) is 2.49. The van der Waals surface area contributed by atoms with E-state index in [-0.39, 0.29) is 5.75 Å². The van der Waals surface area contributed by atoms with Crippen molar-refractivity contribution in [3.05, 3.63) is 33.9 Å². The van der Waals surface area contributed by atoms with Gasteiger partial charge in [-0.1, -0.05) is 19.9 Å². The molecule has 0 fully saturated rings. The molecule has 21 heavy (non-hydrogen) atoms. The molecule has 8 heteroatoms. The Hall–Kier alpha value is -1.83. The monoisotopic (exact) mass is 306 g/mol. The van der Waals surface area contributed by atoms with Crippen molar-refractivity contribution in [2.24, 2.45) is 5.92 Å². The molecule has 0 atom stereocenters. The number of benzene rings is 1. The van der Waals surface area contributed by atoms with Crippen LogP contribution in [0.25, 0.3) is 0 Å². The molecule has 0 saturated heterocycles. The predicted molar refractivity (Wildman–Crippen MR) is 71.2 cm³/mol. The summed E-state index contributed by atoms with van der Waals surface area (Å²) in [5, 5.41) is 13.9. The lowest BCUT2D eigenvalue weighted by molar-refractivity contribution is -0.386. The summed E-state index contributed by atoms with van der Waals surface area (Å²) in [4.78, 5) is 10.0. The highest BCUT2D eigenvalue weighted by Crippen LogP contribution is 2.29. The molecule has 1 aromatic carbocycles. The van der Waals surface area contributed by atoms with Gasteiger partial charge in [0, 0.05) is 12.6 Å². The molecule has 0 amide bonds. The molecule has 118 valence electrons. The zero-order valence-corrected chi connectivity index (χ0v) is 11.7. The minimum absolute atomic E-state index is 0.374. The Kier molecular flexibility index (Phi) is 5.95. The summed E-state index contributed by atoms with van der Waals surface area (Å²) >= 11 is 0. The second-order valence-corrected chi connectivity index (χ2v) is 4.99. The van der Waals surface area contributed by atoms with Crippen molar-refractivity contribution in [3.63, 3.8) is 0 Å². The molecular weight excluding hydrogens is 289 g/mol. The van der Waals surface area contributed by atoms with E-state index in [1.807, 2.05) is 13.8 Å². The van der Waals surface area contributed by atoms with Crippen LogP contribution in [0.1, 0.15) is 19.4 Å². The molecule has 0 aliphatic rings. The molecule has 0 saturated carbocycles. The fourth-order valence-electron chi connectivity index (χ4n) is 1.60. The molecule has 0 aromatic heterocycles. The molecule has 0 spiro atoms. The highest BCUT2D eigenvalue weighted by molar-refractivity contribution is 5.48. The van der Waals surface area contributed by atoms with Crippen LogP contribution in [0.2, 0.25) is 0 Å². The van der Waals surface area contributed by atoms with Crippen molar-refractivity contribution < 1.29 is 22.8 Å². The topological polar surface area (TPSA) is 64.4 Å². The largest absolute Gasteiger partial charge is 0.477 e. The molecule has 0 aliphatic carbocycles. The van der Waals surface area contributed by atoms with Crippen LogP contribution < -0.4 is 10.1 Å². The maximum atomic E-state index is 12.2. The Morgan fingerprint density at radius 2 is 2.05 bits per heavy atom. The van der Waals surface area contributed by atoms with Gasteiger partial charge >= 0.3 is 11.9 Å². The average molecular weight is 306 g/mol. The van der Waals surface area contributed by atoms with Gasteiger partial charge in [0.2, 0.25) is 0 Å². The highest BCUT2D eigenvalue weighted by atomic mass is 19.4. The lowest BCUT2D eigenvalue weighted by atomic mass is 10.1. The zero-order valence-electron chi connectivity index (χ0n) is 11.7. The molecule has 0 bridgehead atoms. The van der Waals surface area contributed by atoms with Gasteiger partial charge in [0.1, 0.15) is 0 Å². The van der Waals surface area contributed by atoms with Crippen molar-refractivity contribution in [2.75, 3.05) is 13.2 Å². The third kappa shape index (κ3) is 6.44. The van der Waals surface area contributed by atoms with E-state index in [4.69, 9.17) is 0 Å². The van der Waals surface area contributed by atoms with Gasteiger partial charge in [-0.3, -0.25) is 10.1 Å². The predicted octanol–water partition coefficient (Wildman–Crippen LogP) is 3.28. The number of alkyl halides is 3. The fourth-order valence-corrected chi connectivity index (χ4v) is 1.60. The zero-order chi connectivity index (χ0) is 16.0. The first kappa shape index (κ1) is 17.2. The molecule has 0 radical (unpaired) electrons. The first-order valence-corrected chi connectivity index (χ1v) is 6.36. The minimum Gasteiger partial charge on any atom is -0.477 e. The van der Waals surface area contributed by atoms with Crippen molar-refractivity contribution in [1.82, 2.24) is 5.32 Å². The molecule has 1 rings (SSSR count). The van der Waals surface area contributed by atoms with E-state index in [2.05, 4.69) is 10.1 Å². The van der Waals surface area contributed by atoms with Crippen molar-refractivity contribution in [3.8, 4) is 5.75 Å². The minimum atomic E-state index is -4.54. The second-order valence-electron chi connectivity index (χ2n) is 4.99. The van der Waals surface area contributed by atoms with Crippen molar-refractivity contribution in [1.29, 1.82) is 0 Å². The summed E-state index contributed by atoms with van der Waals surface area (Å²) in [6.45, 7) is 3.60. The maximum absolute atomic E-state index is 12.2. The Balaban J connectivity index is 2.82. The number of nitrogens with zero attached hydrogens (tertiary/aromatic N) is 1. The van der Waals surface area contributed by atoms with E-state index in [0.717, 1.165) is 12.6 Å². The van der Waals surface area contributed by atoms with Gasteiger partial charge in [-0.2, -0.15) is 13.2 Å². The third-order valence-electron chi connectivity index (χ3n) is 2.49. The van der Waals surface area contributed by atoms with E-state index in [9.17, 15) is 23.3 Å². The van der Waals surface area contributed by atoms with Crippen LogP contribution >= 0.6 is 0 Å². The molecule has 1 N–H and O–H groups in total. The standard InChI is InChI=1S/C13H17F3N2O3/c1-9(2)6-17-7-10-3-4-11(18(19)20)12(5-10)21-8-13(14,15)16/h3-5,9,17H,6-8H2,1-2H3. The van der Waals surface area contributed by atoms with Crippen LogP contribution in [-0.2, 0) is 6.54 Å². The SMILES string of the molecule is CC(C)CNCc1ccc([N+](=O)[O-])c(OCC(F)(F)F)c1. The molecule has 0 aliphatic heterocycles. The van der Waals surface area contributed by atoms with Crippen LogP contribution in [0.15, 0.2) is 18.2 Å². The fraction of sp³-hybridized carbons (Fsp3) is 0.538. The van der Waals surface area contributed by atoms with Crippen LogP contribution in [0.3, 0.4) is 0 Å². The summed E-state index contributed by atoms with van der Waals surface area (Å²) in [6, 6.07) is 3.90. The molecule has 1 aromatic rings. The Labute approximate surface area is 120 Å². The number of hydrogen-bond acceptors (Lipinski definition) is 4. The van der Waals surface area contributed by atoms with Crippen LogP contribution in [0.5, 0.6) is 5.75 Å². The van der Waals surface area contributed by atoms with Gasteiger partial charge < -0.3 is 10.1 Å². The second kappa shape index (κ2) is 7.26. The number of rotatable bonds is 7. The number of nitro benzene ring substituents is 1. The Morgan fingerprint density at radius 1 is 1.38 bits per heavy atom. The normalized spacial score (nSPS) is 11.7. The van der Waals surface area contributed by atoms with Crippen molar-refractivity contribution >= 4 is 5.69 Å². The van der Waals surface area contributed by atoms with E-state index in [1.165, 1.54) is 12.1 Å². The summed E-state index contributed by atoms with van der Waals surface area (Å²) in [5.74, 6) is 0.0465. The van der Waals surface area contributed by atoms with Gasteiger partial charge in [-0.05, 0) is 24.1 Å². The lowest BCUT2D eigenvalue weighted by Gasteiger charge is -2.11. The van der Waals surface area contributed by atoms with E-state index < -0.39 is 23.4 Å². The quantitative estimate of drug-likeness (QED) is 0.620. The van der Waals surface area contributed by atoms with Crippen molar-refractivity contribution in [2.45, 2.75) is 26.6 Å². The lowest BCUT2D eigenvalue weighted by Crippen LogP contribution is -2.20. The summed E-state index contributed by atoms with van der Waals surface area (Å²) in [7, 11) is 0. The van der Waals surface area contributed by atoms with E-state index in [1.54, 1.807) is 0 Å². The highest BCUT2D eigenvalue weighted by Gasteiger charge is 2.30. The maximum Gasteiger partial charge on any atom is 0.422 e. The van der Waals surface area contributed by atoms with Gasteiger partial charge in [0.15, 0.2) is 12.4 Å². The summed E-state index contributed by atoms with van der Waals surface area (Å²) in [5.41, 5.74) is 0.144. The van der Waals surface area contributed by atoms with E-state index in [0.29, 0.717) is 18.0 Å². The number of hydrogen-bond donors (Lipinski definition) is 1. The smallest absolute Gasteiger partial charge is 0.422 e. The van der Waals surface area contributed by atoms with Gasteiger partial charge in [-0.15, -0.1) is 0 Å². The summed E-state index contributed by atoms with van der Waals surface area (Å²) in [6.07, 6.45) is -4.54. The van der Waals surface area contributed by atoms with Crippen LogP contribution in [0, 0.1) is 16.0 Å². The Morgan fingerprint density at radius 3 is 2.57 bits per heavy atom. The first-order valence-electron chi connectivity index (χ1n) is 6.36. The van der Waals surface area contributed by atoms with Gasteiger partial charge in [0.05, 0.1) is 4.92 Å². The first-order chi connectivity index (χ1) is 9.69.